The van der Waals surface area contributed by atoms with Gasteiger partial charge in [0, 0.05) is 12.1 Å². The summed E-state index contributed by atoms with van der Waals surface area (Å²) in [5.74, 6) is -0.216. The quantitative estimate of drug-likeness (QED) is 0.494. The van der Waals surface area contributed by atoms with Crippen LogP contribution >= 0.6 is 0 Å². The van der Waals surface area contributed by atoms with E-state index < -0.39 is 10.0 Å². The highest BCUT2D eigenvalue weighted by molar-refractivity contribution is 7.92. The number of benzene rings is 3. The first kappa shape index (κ1) is 24.0. The highest BCUT2D eigenvalue weighted by atomic mass is 32.2. The van der Waals surface area contributed by atoms with Crippen molar-refractivity contribution in [1.82, 2.24) is 10.2 Å². The number of rotatable bonds is 8. The summed E-state index contributed by atoms with van der Waals surface area (Å²) in [6, 6.07) is 21.9. The molecule has 0 aromatic heterocycles. The molecule has 1 aliphatic heterocycles. The first-order chi connectivity index (χ1) is 16.3. The molecular formula is C27H31N3O3S. The smallest absolute Gasteiger partial charge is 0.261 e. The van der Waals surface area contributed by atoms with Crippen LogP contribution in [0.2, 0.25) is 0 Å². The van der Waals surface area contributed by atoms with Gasteiger partial charge in [0.15, 0.2) is 0 Å². The fourth-order valence-electron chi connectivity index (χ4n) is 4.33. The Morgan fingerprint density at radius 3 is 2.26 bits per heavy atom. The summed E-state index contributed by atoms with van der Waals surface area (Å²) in [6.45, 7) is 6.36. The van der Waals surface area contributed by atoms with E-state index in [9.17, 15) is 13.2 Å². The van der Waals surface area contributed by atoms with Gasteiger partial charge in [-0.05, 0) is 86.8 Å². The average Bonchev–Trinajstić information content (AvgIpc) is 3.37. The molecule has 6 nitrogen and oxygen atoms in total. The van der Waals surface area contributed by atoms with Gasteiger partial charge >= 0.3 is 0 Å². The first-order valence-electron chi connectivity index (χ1n) is 11.6. The lowest BCUT2D eigenvalue weighted by atomic mass is 10.1. The third-order valence-corrected chi connectivity index (χ3v) is 7.88. The minimum absolute atomic E-state index is 0.115. The maximum absolute atomic E-state index is 12.8. The second kappa shape index (κ2) is 10.4. The lowest BCUT2D eigenvalue weighted by Crippen LogP contribution is -2.36. The Balaban J connectivity index is 1.43. The summed E-state index contributed by atoms with van der Waals surface area (Å²) in [4.78, 5) is 15.4. The van der Waals surface area contributed by atoms with Crippen LogP contribution in [-0.4, -0.2) is 38.9 Å². The number of likely N-dealkylation sites (tertiary alicyclic amines) is 1. The van der Waals surface area contributed by atoms with Crippen LogP contribution in [0.5, 0.6) is 0 Å². The monoisotopic (exact) mass is 477 g/mol. The van der Waals surface area contributed by atoms with E-state index in [1.807, 2.05) is 44.2 Å². The van der Waals surface area contributed by atoms with Crippen LogP contribution in [0.1, 0.15) is 45.9 Å². The van der Waals surface area contributed by atoms with E-state index >= 15 is 0 Å². The van der Waals surface area contributed by atoms with Crippen LogP contribution in [0, 0.1) is 13.8 Å². The molecule has 0 bridgehead atoms. The van der Waals surface area contributed by atoms with E-state index in [0.717, 1.165) is 24.2 Å². The van der Waals surface area contributed by atoms with E-state index in [1.54, 1.807) is 18.2 Å². The average molecular weight is 478 g/mol. The number of hydrogen-bond donors (Lipinski definition) is 2. The third kappa shape index (κ3) is 5.48. The van der Waals surface area contributed by atoms with Gasteiger partial charge in [-0.3, -0.25) is 14.4 Å². The van der Waals surface area contributed by atoms with Gasteiger partial charge in [0.1, 0.15) is 0 Å². The minimum Gasteiger partial charge on any atom is -0.350 e. The van der Waals surface area contributed by atoms with Crippen molar-refractivity contribution in [3.63, 3.8) is 0 Å². The maximum atomic E-state index is 12.8. The Bertz CT molecular complexity index is 1240. The van der Waals surface area contributed by atoms with Gasteiger partial charge in [0.05, 0.1) is 16.6 Å². The van der Waals surface area contributed by atoms with Crippen LogP contribution in [0.25, 0.3) is 0 Å². The number of nitrogens with one attached hydrogen (secondary N) is 2. The Morgan fingerprint density at radius 1 is 0.912 bits per heavy atom. The fraction of sp³-hybridized carbons (Fsp3) is 0.296. The predicted molar refractivity (Wildman–Crippen MR) is 135 cm³/mol. The molecule has 1 heterocycles. The zero-order chi connectivity index (χ0) is 24.1. The molecule has 7 heteroatoms. The topological polar surface area (TPSA) is 78.5 Å². The summed E-state index contributed by atoms with van der Waals surface area (Å²) in [5, 5.41) is 3.04. The number of carbonyl (C=O) groups is 1. The molecule has 0 aliphatic carbocycles. The molecule has 178 valence electrons. The van der Waals surface area contributed by atoms with Crippen molar-refractivity contribution in [1.29, 1.82) is 0 Å². The largest absolute Gasteiger partial charge is 0.350 e. The molecule has 1 amide bonds. The first-order valence-corrected chi connectivity index (χ1v) is 13.1. The van der Waals surface area contributed by atoms with Crippen molar-refractivity contribution in [2.75, 3.05) is 24.4 Å². The van der Waals surface area contributed by atoms with Gasteiger partial charge in [-0.25, -0.2) is 8.42 Å². The molecule has 0 unspecified atom stereocenters. The molecular weight excluding hydrogens is 446 g/mol. The highest BCUT2D eigenvalue weighted by Crippen LogP contribution is 2.25. The Hall–Kier alpha value is -3.16. The van der Waals surface area contributed by atoms with Gasteiger partial charge in [-0.1, -0.05) is 42.5 Å². The van der Waals surface area contributed by atoms with Crippen LogP contribution in [0.4, 0.5) is 5.69 Å². The van der Waals surface area contributed by atoms with Gasteiger partial charge < -0.3 is 5.32 Å². The van der Waals surface area contributed by atoms with Crippen LogP contribution < -0.4 is 10.0 Å². The predicted octanol–water partition coefficient (Wildman–Crippen LogP) is 4.67. The Kier molecular flexibility index (Phi) is 7.34. The van der Waals surface area contributed by atoms with Gasteiger partial charge in [-0.15, -0.1) is 0 Å². The number of amides is 1. The summed E-state index contributed by atoms with van der Waals surface area (Å²) in [6.07, 6.45) is 2.34. The summed E-state index contributed by atoms with van der Waals surface area (Å²) in [5.41, 5.74) is 4.06. The van der Waals surface area contributed by atoms with E-state index in [2.05, 4.69) is 27.1 Å². The molecule has 1 aliphatic rings. The molecule has 34 heavy (non-hydrogen) atoms. The summed E-state index contributed by atoms with van der Waals surface area (Å²) >= 11 is 0. The summed E-state index contributed by atoms with van der Waals surface area (Å²) in [7, 11) is -3.76. The SMILES string of the molecule is Cc1cccc(NS(=O)(=O)c2ccc(C(=O)NC[C@@H](c3ccccc3)N3CCCC3)cc2)c1C. The molecule has 3 aromatic carbocycles. The Labute approximate surface area is 202 Å². The van der Waals surface area contributed by atoms with Gasteiger partial charge in [0.2, 0.25) is 0 Å². The van der Waals surface area contributed by atoms with Crippen LogP contribution in [-0.2, 0) is 10.0 Å². The molecule has 0 radical (unpaired) electrons. The second-order valence-electron chi connectivity index (χ2n) is 8.76. The number of hydrogen-bond acceptors (Lipinski definition) is 4. The highest BCUT2D eigenvalue weighted by Gasteiger charge is 2.24. The molecule has 4 rings (SSSR count). The van der Waals surface area contributed by atoms with E-state index in [4.69, 9.17) is 0 Å². The molecule has 1 fully saturated rings. The second-order valence-corrected chi connectivity index (χ2v) is 10.4. The lowest BCUT2D eigenvalue weighted by Gasteiger charge is -2.28. The van der Waals surface area contributed by atoms with E-state index in [0.29, 0.717) is 17.8 Å². The number of sulfonamides is 1. The molecule has 3 aromatic rings. The molecule has 1 atom stereocenters. The fourth-order valence-corrected chi connectivity index (χ4v) is 5.45. The lowest BCUT2D eigenvalue weighted by molar-refractivity contribution is 0.0938. The number of nitrogens with zero attached hydrogens (tertiary/aromatic N) is 1. The third-order valence-electron chi connectivity index (χ3n) is 6.50. The molecule has 0 spiro atoms. The molecule has 1 saturated heterocycles. The van der Waals surface area contributed by atoms with Gasteiger partial charge in [0.25, 0.3) is 15.9 Å². The van der Waals surface area contributed by atoms with Crippen molar-refractivity contribution in [2.24, 2.45) is 0 Å². The Morgan fingerprint density at radius 2 is 1.59 bits per heavy atom. The zero-order valence-corrected chi connectivity index (χ0v) is 20.4. The van der Waals surface area contributed by atoms with E-state index in [-0.39, 0.29) is 16.8 Å². The van der Waals surface area contributed by atoms with Crippen molar-refractivity contribution in [2.45, 2.75) is 37.6 Å². The zero-order valence-electron chi connectivity index (χ0n) is 19.6. The summed E-state index contributed by atoms with van der Waals surface area (Å²) < 4.78 is 28.3. The van der Waals surface area contributed by atoms with Gasteiger partial charge in [-0.2, -0.15) is 0 Å². The van der Waals surface area contributed by atoms with Crippen molar-refractivity contribution in [3.05, 3.63) is 95.1 Å². The van der Waals surface area contributed by atoms with Crippen molar-refractivity contribution >= 4 is 21.6 Å². The number of carbonyl (C=O) groups excluding carboxylic acids is 1. The maximum Gasteiger partial charge on any atom is 0.261 e. The molecule has 0 saturated carbocycles. The minimum atomic E-state index is -3.76. The van der Waals surface area contributed by atoms with Crippen molar-refractivity contribution in [3.8, 4) is 0 Å². The van der Waals surface area contributed by atoms with Crippen molar-refractivity contribution < 1.29 is 13.2 Å². The molecule has 2 N–H and O–H groups in total. The number of aryl methyl sites for hydroxylation is 1. The standard InChI is InChI=1S/C27H31N3O3S/c1-20-9-8-12-25(21(20)2)29-34(32,33)24-15-13-23(14-16-24)27(31)28-19-26(30-17-6-7-18-30)22-10-4-3-5-11-22/h3-5,8-16,26,29H,6-7,17-19H2,1-2H3,(H,28,31)/t26-/m0/s1. The van der Waals surface area contributed by atoms with Crippen LogP contribution in [0.3, 0.4) is 0 Å². The van der Waals surface area contributed by atoms with Crippen LogP contribution in [0.15, 0.2) is 77.7 Å². The normalized spacial score (nSPS) is 15.1. The number of anilines is 1. The van der Waals surface area contributed by atoms with E-state index in [1.165, 1.54) is 30.5 Å².